The second-order valence-corrected chi connectivity index (χ2v) is 4.78. The van der Waals surface area contributed by atoms with Crippen molar-refractivity contribution >= 4 is 11.6 Å². The summed E-state index contributed by atoms with van der Waals surface area (Å²) in [4.78, 5) is 13.9. The number of carbonyl (C=O) groups excluding carboxylic acids is 1. The van der Waals surface area contributed by atoms with Crippen LogP contribution in [0.5, 0.6) is 0 Å². The summed E-state index contributed by atoms with van der Waals surface area (Å²) in [5.74, 6) is -0.00366. The van der Waals surface area contributed by atoms with Crippen LogP contribution in [0.15, 0.2) is 24.3 Å². The monoisotopic (exact) mass is 264 g/mol. The van der Waals surface area contributed by atoms with E-state index in [1.165, 1.54) is 0 Å². The van der Waals surface area contributed by atoms with Crippen LogP contribution in [0.4, 0.5) is 5.69 Å². The summed E-state index contributed by atoms with van der Waals surface area (Å²) in [5.41, 5.74) is 7.54. The molecule has 0 unspecified atom stereocenters. The zero-order valence-corrected chi connectivity index (χ0v) is 12.1. The number of amides is 1. The Morgan fingerprint density at radius 3 is 2.42 bits per heavy atom. The Morgan fingerprint density at radius 2 is 1.95 bits per heavy atom. The molecule has 2 N–H and O–H groups in total. The van der Waals surface area contributed by atoms with Crippen LogP contribution in [0.3, 0.4) is 0 Å². The summed E-state index contributed by atoms with van der Waals surface area (Å²) in [6.45, 7) is 7.23. The summed E-state index contributed by atoms with van der Waals surface area (Å²) in [6, 6.07) is 7.78. The Kier molecular flexibility index (Phi) is 6.53. The van der Waals surface area contributed by atoms with E-state index in [0.717, 1.165) is 17.7 Å². The largest absolute Gasteiger partial charge is 0.369 e. The van der Waals surface area contributed by atoms with Crippen LogP contribution in [0.1, 0.15) is 32.8 Å². The molecule has 1 amide bonds. The molecule has 0 aliphatic carbocycles. The molecule has 0 fully saturated rings. The van der Waals surface area contributed by atoms with Gasteiger partial charge in [0.15, 0.2) is 0 Å². The van der Waals surface area contributed by atoms with Gasteiger partial charge in [-0.05, 0) is 38.0 Å². The van der Waals surface area contributed by atoms with E-state index in [1.807, 2.05) is 38.1 Å². The lowest BCUT2D eigenvalue weighted by Gasteiger charge is -2.23. The highest BCUT2D eigenvalue weighted by Crippen LogP contribution is 2.16. The van der Waals surface area contributed by atoms with Crippen molar-refractivity contribution in [3.63, 3.8) is 0 Å². The maximum Gasteiger partial charge on any atom is 0.252 e. The molecule has 0 bridgehead atoms. The second kappa shape index (κ2) is 7.92. The summed E-state index contributed by atoms with van der Waals surface area (Å²) in [6.07, 6.45) is 0.971. The van der Waals surface area contributed by atoms with Gasteiger partial charge in [-0.1, -0.05) is 19.1 Å². The zero-order chi connectivity index (χ0) is 14.3. The number of benzene rings is 1. The lowest BCUT2D eigenvalue weighted by atomic mass is 10.2. The third-order valence-corrected chi connectivity index (χ3v) is 2.77. The number of hydrogen-bond acceptors (Lipinski definition) is 3. The zero-order valence-electron chi connectivity index (χ0n) is 12.1. The summed E-state index contributed by atoms with van der Waals surface area (Å²) in [7, 11) is 0. The number of hydrogen-bond donors (Lipinski definition) is 1. The Hall–Kier alpha value is -1.39. The third kappa shape index (κ3) is 5.01. The molecule has 4 nitrogen and oxygen atoms in total. The van der Waals surface area contributed by atoms with E-state index in [0.29, 0.717) is 13.1 Å². The number of anilines is 1. The average molecular weight is 264 g/mol. The molecule has 1 rings (SSSR count). The highest BCUT2D eigenvalue weighted by atomic mass is 16.5. The molecular formula is C15H24N2O2. The smallest absolute Gasteiger partial charge is 0.252 e. The molecule has 0 radical (unpaired) electrons. The highest BCUT2D eigenvalue weighted by Gasteiger charge is 2.15. The minimum Gasteiger partial charge on any atom is -0.369 e. The molecule has 0 atom stereocenters. The van der Waals surface area contributed by atoms with Gasteiger partial charge in [0, 0.05) is 18.8 Å². The van der Waals surface area contributed by atoms with E-state index in [-0.39, 0.29) is 18.6 Å². The molecule has 0 saturated carbocycles. The van der Waals surface area contributed by atoms with Crippen molar-refractivity contribution in [2.45, 2.75) is 39.8 Å². The van der Waals surface area contributed by atoms with Crippen LogP contribution in [0.2, 0.25) is 0 Å². The average Bonchev–Trinajstić information content (AvgIpc) is 2.42. The van der Waals surface area contributed by atoms with E-state index < -0.39 is 0 Å². The highest BCUT2D eigenvalue weighted by molar-refractivity contribution is 5.94. The molecule has 0 aliphatic rings. The van der Waals surface area contributed by atoms with Gasteiger partial charge in [0.1, 0.15) is 6.61 Å². The van der Waals surface area contributed by atoms with Gasteiger partial charge in [-0.3, -0.25) is 4.79 Å². The van der Waals surface area contributed by atoms with Gasteiger partial charge >= 0.3 is 0 Å². The van der Waals surface area contributed by atoms with Crippen molar-refractivity contribution in [2.24, 2.45) is 5.73 Å². The van der Waals surface area contributed by atoms with Gasteiger partial charge in [-0.25, -0.2) is 0 Å². The first-order valence-corrected chi connectivity index (χ1v) is 6.79. The van der Waals surface area contributed by atoms with Gasteiger partial charge in [0.2, 0.25) is 0 Å². The van der Waals surface area contributed by atoms with Crippen LogP contribution in [-0.2, 0) is 16.1 Å². The lowest BCUT2D eigenvalue weighted by molar-refractivity contribution is -0.124. The first-order valence-electron chi connectivity index (χ1n) is 6.79. The van der Waals surface area contributed by atoms with Crippen LogP contribution >= 0.6 is 0 Å². The summed E-state index contributed by atoms with van der Waals surface area (Å²) in [5, 5.41) is 0. The second-order valence-electron chi connectivity index (χ2n) is 4.78. The van der Waals surface area contributed by atoms with E-state index in [1.54, 1.807) is 4.90 Å². The van der Waals surface area contributed by atoms with Crippen molar-refractivity contribution in [1.82, 2.24) is 0 Å². The van der Waals surface area contributed by atoms with Gasteiger partial charge < -0.3 is 15.4 Å². The topological polar surface area (TPSA) is 55.6 Å². The fourth-order valence-electron chi connectivity index (χ4n) is 1.75. The minimum atomic E-state index is -0.00366. The lowest BCUT2D eigenvalue weighted by Crippen LogP contribution is -2.35. The number of rotatable bonds is 7. The van der Waals surface area contributed by atoms with Crippen LogP contribution in [0, 0.1) is 0 Å². The van der Waals surface area contributed by atoms with Crippen molar-refractivity contribution < 1.29 is 9.53 Å². The van der Waals surface area contributed by atoms with Crippen LogP contribution in [0.25, 0.3) is 0 Å². The summed E-state index contributed by atoms with van der Waals surface area (Å²) < 4.78 is 5.39. The number of ether oxygens (including phenoxy) is 1. The van der Waals surface area contributed by atoms with Crippen molar-refractivity contribution in [3.05, 3.63) is 29.8 Å². The van der Waals surface area contributed by atoms with E-state index >= 15 is 0 Å². The van der Waals surface area contributed by atoms with E-state index in [2.05, 4.69) is 6.92 Å². The Morgan fingerprint density at radius 1 is 1.32 bits per heavy atom. The molecule has 1 aromatic carbocycles. The van der Waals surface area contributed by atoms with E-state index in [9.17, 15) is 4.79 Å². The maximum atomic E-state index is 12.2. The number of nitrogens with zero attached hydrogens (tertiary/aromatic N) is 1. The van der Waals surface area contributed by atoms with Gasteiger partial charge in [-0.15, -0.1) is 0 Å². The molecule has 106 valence electrons. The predicted octanol–water partition coefficient (Wildman–Crippen LogP) is 2.31. The fourth-order valence-corrected chi connectivity index (χ4v) is 1.75. The van der Waals surface area contributed by atoms with E-state index in [4.69, 9.17) is 10.5 Å². The number of nitrogens with two attached hydrogens (primary N) is 1. The first-order chi connectivity index (χ1) is 9.08. The molecule has 0 spiro atoms. The summed E-state index contributed by atoms with van der Waals surface area (Å²) >= 11 is 0. The van der Waals surface area contributed by atoms with Gasteiger partial charge in [0.05, 0.1) is 6.10 Å². The molecule has 0 aliphatic heterocycles. The molecule has 4 heteroatoms. The van der Waals surface area contributed by atoms with Crippen LogP contribution < -0.4 is 10.6 Å². The third-order valence-electron chi connectivity index (χ3n) is 2.77. The molecular weight excluding hydrogens is 240 g/mol. The first kappa shape index (κ1) is 15.7. The fraction of sp³-hybridized carbons (Fsp3) is 0.533. The van der Waals surface area contributed by atoms with Crippen molar-refractivity contribution in [1.29, 1.82) is 0 Å². The normalized spacial score (nSPS) is 10.8. The predicted molar refractivity (Wildman–Crippen MR) is 78.1 cm³/mol. The molecule has 19 heavy (non-hydrogen) atoms. The van der Waals surface area contributed by atoms with Crippen molar-refractivity contribution in [3.8, 4) is 0 Å². The van der Waals surface area contributed by atoms with Gasteiger partial charge in [-0.2, -0.15) is 0 Å². The standard InChI is InChI=1S/C15H24N2O2/c1-4-9-17(15(18)11-19-12(2)3)14-7-5-13(10-16)6-8-14/h5-8,12H,4,9-11,16H2,1-3H3. The van der Waals surface area contributed by atoms with Crippen LogP contribution in [-0.4, -0.2) is 25.2 Å². The quantitative estimate of drug-likeness (QED) is 0.822. The molecule has 0 heterocycles. The number of carbonyl (C=O) groups is 1. The maximum absolute atomic E-state index is 12.2. The molecule has 0 aromatic heterocycles. The Labute approximate surface area is 115 Å². The van der Waals surface area contributed by atoms with Gasteiger partial charge in [0.25, 0.3) is 5.91 Å². The Balaban J connectivity index is 2.77. The SMILES string of the molecule is CCCN(C(=O)COC(C)C)c1ccc(CN)cc1. The molecule has 0 saturated heterocycles. The molecule has 1 aromatic rings. The minimum absolute atomic E-state index is 0.00366. The van der Waals surface area contributed by atoms with Crippen molar-refractivity contribution in [2.75, 3.05) is 18.1 Å². The Bertz CT molecular complexity index is 388.